The first-order valence-corrected chi connectivity index (χ1v) is 3.98. The summed E-state index contributed by atoms with van der Waals surface area (Å²) in [7, 11) is 0. The van der Waals surface area contributed by atoms with E-state index in [1.807, 2.05) is 11.3 Å². The number of allylic oxidation sites excluding steroid dienone is 1. The molecule has 1 aromatic heterocycles. The van der Waals surface area contributed by atoms with Crippen LogP contribution in [0.2, 0.25) is 0 Å². The molecule has 0 aromatic carbocycles. The first-order chi connectivity index (χ1) is 4.36. The Labute approximate surface area is 108 Å². The third-order valence-electron chi connectivity index (χ3n) is 1.63. The second kappa shape index (κ2) is 6.37. The van der Waals surface area contributed by atoms with E-state index in [1.165, 1.54) is 22.4 Å². The topological polar surface area (TPSA) is 0 Å². The molecule has 1 aromatic rings. The van der Waals surface area contributed by atoms with Crippen LogP contribution >= 0.6 is 36.2 Å². The van der Waals surface area contributed by atoms with Gasteiger partial charge in [0, 0.05) is 31.1 Å². The normalized spacial score (nSPS) is 11.6. The number of rotatable bonds is 0. The Morgan fingerprint density at radius 2 is 2.00 bits per heavy atom. The van der Waals surface area contributed by atoms with Gasteiger partial charge in [-0.05, 0) is 36.4 Å². The molecule has 4 heteroatoms. The van der Waals surface area contributed by atoms with Crippen molar-refractivity contribution in [3.8, 4) is 0 Å². The van der Waals surface area contributed by atoms with Crippen LogP contribution in [0.1, 0.15) is 17.4 Å². The van der Waals surface area contributed by atoms with Crippen molar-refractivity contribution in [2.24, 2.45) is 0 Å². The average Bonchev–Trinajstić information content (AvgIpc) is 2.22. The molecule has 0 saturated heterocycles. The van der Waals surface area contributed by atoms with Gasteiger partial charge in [-0.3, -0.25) is 0 Å². The van der Waals surface area contributed by atoms with Crippen LogP contribution in [-0.4, -0.2) is 0 Å². The van der Waals surface area contributed by atoms with Crippen molar-refractivity contribution in [2.45, 2.75) is 13.3 Å². The maximum absolute atomic E-state index is 2.28. The Morgan fingerprint density at radius 3 is 2.58 bits per heavy atom. The molecule has 0 saturated carbocycles. The van der Waals surface area contributed by atoms with Gasteiger partial charge in [0.15, 0.2) is 0 Å². The zero-order valence-electron chi connectivity index (χ0n) is 6.66. The van der Waals surface area contributed by atoms with Gasteiger partial charge in [-0.2, -0.15) is 0 Å². The molecule has 66 valence electrons. The van der Waals surface area contributed by atoms with Crippen molar-refractivity contribution in [3.05, 3.63) is 27.5 Å². The van der Waals surface area contributed by atoms with E-state index < -0.39 is 0 Å². The molecule has 1 aliphatic carbocycles. The fourth-order valence-electron chi connectivity index (χ4n) is 1.20. The summed E-state index contributed by atoms with van der Waals surface area (Å²) in [5, 5.41) is 2.16. The molecule has 12 heavy (non-hydrogen) atoms. The molecule has 1 aliphatic rings. The zero-order chi connectivity index (χ0) is 6.27. The predicted octanol–water partition coefficient (Wildman–Crippen LogP) is 3.55. The fraction of sp³-hybridized carbons (Fsp3) is 0.250. The van der Waals surface area contributed by atoms with Crippen LogP contribution in [0, 0.1) is 0 Å². The van der Waals surface area contributed by atoms with Crippen molar-refractivity contribution in [1.29, 1.82) is 0 Å². The van der Waals surface area contributed by atoms with Gasteiger partial charge in [0.2, 0.25) is 0 Å². The van der Waals surface area contributed by atoms with Gasteiger partial charge in [0.25, 0.3) is 0 Å². The maximum Gasteiger partial charge on any atom is 0.0305 e. The Balaban J connectivity index is 0. The number of hydrogen-bond acceptors (Lipinski definition) is 1. The third kappa shape index (κ3) is 2.99. The van der Waals surface area contributed by atoms with Gasteiger partial charge in [-0.1, -0.05) is 5.57 Å². The third-order valence-corrected chi connectivity index (χ3v) is 2.53. The van der Waals surface area contributed by atoms with Crippen LogP contribution < -0.4 is 0 Å². The van der Waals surface area contributed by atoms with Crippen LogP contribution in [0.4, 0.5) is 0 Å². The molecular formula is C8H10Cl2SZr. The van der Waals surface area contributed by atoms with Gasteiger partial charge in [-0.15, -0.1) is 36.2 Å². The molecule has 0 atom stereocenters. The molecule has 0 bridgehead atoms. The summed E-state index contributed by atoms with van der Waals surface area (Å²) in [6.07, 6.45) is 3.46. The molecule has 0 radical (unpaired) electrons. The summed E-state index contributed by atoms with van der Waals surface area (Å²) in [6.45, 7) is 2.19. The van der Waals surface area contributed by atoms with Gasteiger partial charge in [0.05, 0.1) is 0 Å². The summed E-state index contributed by atoms with van der Waals surface area (Å²) in [6, 6.07) is 2.22. The van der Waals surface area contributed by atoms with Crippen molar-refractivity contribution >= 4 is 42.2 Å². The number of hydrogen-bond donors (Lipinski definition) is 0. The Morgan fingerprint density at radius 1 is 1.33 bits per heavy atom. The van der Waals surface area contributed by atoms with Crippen LogP contribution in [0.3, 0.4) is 0 Å². The molecule has 0 spiro atoms. The summed E-state index contributed by atoms with van der Waals surface area (Å²) in [5.41, 5.74) is 3.01. The summed E-state index contributed by atoms with van der Waals surface area (Å²) >= 11 is 1.84. The maximum atomic E-state index is 2.28. The van der Waals surface area contributed by atoms with Crippen molar-refractivity contribution in [1.82, 2.24) is 0 Å². The minimum Gasteiger partial charge on any atom is -0.147 e. The SMILES string of the molecule is CC1=Cc2sccc2C1.Cl.Cl.[Zr]. The summed E-state index contributed by atoms with van der Waals surface area (Å²) in [5.74, 6) is 0. The fourth-order valence-corrected chi connectivity index (χ4v) is 2.13. The molecule has 1 heterocycles. The van der Waals surface area contributed by atoms with E-state index >= 15 is 0 Å². The second-order valence-electron chi connectivity index (χ2n) is 2.48. The van der Waals surface area contributed by atoms with E-state index in [4.69, 9.17) is 0 Å². The molecule has 0 aliphatic heterocycles. The van der Waals surface area contributed by atoms with Crippen molar-refractivity contribution < 1.29 is 26.2 Å². The van der Waals surface area contributed by atoms with E-state index in [0.717, 1.165) is 0 Å². The van der Waals surface area contributed by atoms with E-state index in [2.05, 4.69) is 24.4 Å². The molecule has 0 unspecified atom stereocenters. The smallest absolute Gasteiger partial charge is 0.0305 e. The van der Waals surface area contributed by atoms with E-state index in [9.17, 15) is 0 Å². The number of halogens is 2. The first kappa shape index (κ1) is 15.4. The van der Waals surface area contributed by atoms with Gasteiger partial charge in [0.1, 0.15) is 0 Å². The molecule has 0 amide bonds. The van der Waals surface area contributed by atoms with E-state index in [1.54, 1.807) is 0 Å². The molecule has 0 nitrogen and oxygen atoms in total. The Kier molecular flexibility index (Phi) is 8.16. The monoisotopic (exact) mass is 298 g/mol. The molecular weight excluding hydrogens is 290 g/mol. The molecule has 0 fully saturated rings. The van der Waals surface area contributed by atoms with Crippen molar-refractivity contribution in [3.63, 3.8) is 0 Å². The first-order valence-electron chi connectivity index (χ1n) is 3.10. The Hall–Kier alpha value is 0.903. The van der Waals surface area contributed by atoms with Crippen LogP contribution in [0.25, 0.3) is 6.08 Å². The zero-order valence-corrected chi connectivity index (χ0v) is 11.6. The minimum atomic E-state index is 0. The summed E-state index contributed by atoms with van der Waals surface area (Å²) < 4.78 is 0. The van der Waals surface area contributed by atoms with Gasteiger partial charge >= 0.3 is 0 Å². The van der Waals surface area contributed by atoms with Crippen molar-refractivity contribution in [2.75, 3.05) is 0 Å². The number of thiophene rings is 1. The van der Waals surface area contributed by atoms with E-state index in [0.29, 0.717) is 0 Å². The van der Waals surface area contributed by atoms with E-state index in [-0.39, 0.29) is 51.0 Å². The largest absolute Gasteiger partial charge is 0.147 e. The average molecular weight is 300 g/mol. The second-order valence-corrected chi connectivity index (χ2v) is 3.43. The molecule has 0 N–H and O–H groups in total. The number of fused-ring (bicyclic) bond motifs is 1. The van der Waals surface area contributed by atoms with Gasteiger partial charge < -0.3 is 0 Å². The van der Waals surface area contributed by atoms with Crippen LogP contribution in [-0.2, 0) is 32.6 Å². The predicted molar refractivity (Wildman–Crippen MR) is 56.2 cm³/mol. The standard InChI is InChI=1S/C8H8S.2ClH.Zr/c1-6-4-7-2-3-9-8(7)5-6;;;/h2-3,5H,4H2,1H3;2*1H;. The minimum absolute atomic E-state index is 0. The van der Waals surface area contributed by atoms with Crippen LogP contribution in [0.5, 0.6) is 0 Å². The molecule has 2 rings (SSSR count). The van der Waals surface area contributed by atoms with Crippen LogP contribution in [0.15, 0.2) is 17.0 Å². The van der Waals surface area contributed by atoms with Gasteiger partial charge in [-0.25, -0.2) is 0 Å². The Bertz CT molecular complexity index is 268. The quantitative estimate of drug-likeness (QED) is 0.687. The summed E-state index contributed by atoms with van der Waals surface area (Å²) in [4.78, 5) is 1.47.